The Kier molecular flexibility index (Phi) is 33.2. The van der Waals surface area contributed by atoms with Crippen LogP contribution in [-0.2, 0) is 40.8 Å². The van der Waals surface area contributed by atoms with Crippen molar-refractivity contribution >= 4 is 55.0 Å². The molecule has 0 unspecified atom stereocenters. The third-order valence-electron chi connectivity index (χ3n) is 13.3. The van der Waals surface area contributed by atoms with Crippen LogP contribution in [0.1, 0.15) is 97.1 Å². The molecule has 100 heavy (non-hydrogen) atoms. The average molecular weight is 1650 g/mol. The molecule has 0 bridgehead atoms. The van der Waals surface area contributed by atoms with E-state index in [9.17, 15) is 54.3 Å². The summed E-state index contributed by atoms with van der Waals surface area (Å²) in [5.74, 6) is 13.4. The molecule has 0 fully saturated rings. The summed E-state index contributed by atoms with van der Waals surface area (Å²) in [6.45, 7) is 0. The predicted octanol–water partition coefficient (Wildman–Crippen LogP) is 20.4. The monoisotopic (exact) mass is 1640 g/mol. The third kappa shape index (κ3) is 26.9. The zero-order valence-corrected chi connectivity index (χ0v) is 58.2. The van der Waals surface area contributed by atoms with Crippen LogP contribution >= 0.6 is 31.9 Å². The van der Waals surface area contributed by atoms with Crippen molar-refractivity contribution in [1.29, 1.82) is 0 Å². The van der Waals surface area contributed by atoms with E-state index in [4.69, 9.17) is 12.8 Å². The Balaban J connectivity index is 0.000000223. The summed E-state index contributed by atoms with van der Waals surface area (Å²) in [5.41, 5.74) is 8.21. The molecule has 12 aromatic rings. The van der Waals surface area contributed by atoms with Crippen LogP contribution < -0.4 is 0 Å². The molecule has 0 aromatic heterocycles. The normalized spacial score (nSPS) is 9.52. The van der Waals surface area contributed by atoms with E-state index in [0.29, 0.717) is 72.3 Å². The molecule has 0 heterocycles. The number of halogens is 10. The quantitative estimate of drug-likeness (QED) is 0.0658. The third-order valence-corrected chi connectivity index (χ3v) is 14.3. The fourth-order valence-electron chi connectivity index (χ4n) is 8.19. The van der Waals surface area contributed by atoms with Crippen molar-refractivity contribution in [2.45, 2.75) is 0 Å². The van der Waals surface area contributed by atoms with Crippen LogP contribution in [0.25, 0.3) is 0 Å². The van der Waals surface area contributed by atoms with Crippen LogP contribution in [0, 0.1) is 94.9 Å². The van der Waals surface area contributed by atoms with Gasteiger partial charge in [0.1, 0.15) is 46.5 Å². The maximum Gasteiger partial charge on any atom is 0.193 e. The smallest absolute Gasteiger partial charge is 0.193 e. The molecule has 0 aliphatic carbocycles. The van der Waals surface area contributed by atoms with Crippen molar-refractivity contribution in [3.63, 3.8) is 0 Å². The molecule has 0 N–H and O–H groups in total. The summed E-state index contributed by atoms with van der Waals surface area (Å²) in [6, 6.07) is 73.3. The minimum atomic E-state index is -0.384. The molecule has 0 radical (unpaired) electrons. The Hall–Kier alpha value is -10.7. The van der Waals surface area contributed by atoms with E-state index in [-0.39, 0.29) is 111 Å². The first-order valence-electron chi connectivity index (χ1n) is 29.1. The number of terminal acetylenes is 2. The molecule has 0 amide bonds. The molecule has 0 saturated carbocycles. The van der Waals surface area contributed by atoms with E-state index in [1.807, 2.05) is 6.07 Å². The van der Waals surface area contributed by atoms with E-state index in [1.54, 1.807) is 140 Å². The van der Waals surface area contributed by atoms with Gasteiger partial charge in [-0.3, -0.25) is 19.2 Å². The Bertz CT molecular complexity index is 4790. The molecule has 0 aliphatic heterocycles. The first-order valence-corrected chi connectivity index (χ1v) is 30.7. The van der Waals surface area contributed by atoms with Crippen LogP contribution in [-0.4, -0.2) is 23.1 Å². The van der Waals surface area contributed by atoms with Gasteiger partial charge in [-0.05, 0) is 267 Å². The molecular weight excluding hydrogens is 1600 g/mol. The number of hydrogen-bond acceptors (Lipinski definition) is 4. The second-order valence-electron chi connectivity index (χ2n) is 20.3. The van der Waals surface area contributed by atoms with Crippen LogP contribution in [0.15, 0.2) is 300 Å². The Morgan fingerprint density at radius 3 is 0.720 bits per heavy atom. The number of carbonyl (C=O) groups is 4. The molecule has 0 spiro atoms. The molecule has 500 valence electrons. The summed E-state index contributed by atoms with van der Waals surface area (Å²) in [4.78, 5) is 48.6. The number of ketones is 4. The molecule has 0 saturated heterocycles. The fraction of sp³-hybridized carbons (Fsp3) is 0. The van der Waals surface area contributed by atoms with E-state index < -0.39 is 0 Å². The second-order valence-corrected chi connectivity index (χ2v) is 22.2. The van der Waals surface area contributed by atoms with Crippen LogP contribution in [0.5, 0.6) is 0 Å². The van der Waals surface area contributed by atoms with Gasteiger partial charge < -0.3 is 0 Å². The predicted molar refractivity (Wildman–Crippen MR) is 374 cm³/mol. The molecular formula is C84H50Br2F8O4Pd2. The van der Waals surface area contributed by atoms with Crippen LogP contribution in [0.2, 0.25) is 0 Å². The van der Waals surface area contributed by atoms with Gasteiger partial charge in [-0.2, -0.15) is 0 Å². The standard InChI is InChI=1S/2C21H12F2O.2C13H8BrFO.2C8H5F.2Pd/c22-19-11-5-16(6-12-19)2-1-15-3-7-17(8-4-15)21(24)18-9-13-20(23)14-10-18;22-19-10-6-15(7-11-19)4-5-16-2-1-3-18(14-16)21(24)17-8-12-20(23)13-9-17;14-11-5-1-9(2-6-11)13(16)10-3-7-12(15)8-4-10;14-11-3-1-2-10(8-11)13(16)9-4-6-12(15)7-5-9;2*1-2-7-3-5-8(9)6-4-7;;/h3-14H;1-3,6-14H;2*1-8H;2*1,3-6H;;. The van der Waals surface area contributed by atoms with Crippen molar-refractivity contribution in [2.24, 2.45) is 0 Å². The first-order chi connectivity index (χ1) is 47.2. The Labute approximate surface area is 618 Å². The zero-order valence-electron chi connectivity index (χ0n) is 51.9. The van der Waals surface area contributed by atoms with Crippen LogP contribution in [0.3, 0.4) is 0 Å². The topological polar surface area (TPSA) is 68.3 Å². The second kappa shape index (κ2) is 41.5. The maximum absolute atomic E-state index is 13.0. The van der Waals surface area contributed by atoms with E-state index in [2.05, 4.69) is 67.4 Å². The molecule has 16 heteroatoms. The van der Waals surface area contributed by atoms with Gasteiger partial charge in [-0.25, -0.2) is 35.1 Å². The van der Waals surface area contributed by atoms with Gasteiger partial charge in [-0.1, -0.05) is 91.6 Å². The van der Waals surface area contributed by atoms with Crippen molar-refractivity contribution in [3.8, 4) is 48.4 Å². The molecule has 12 aromatic carbocycles. The zero-order chi connectivity index (χ0) is 70.3. The van der Waals surface area contributed by atoms with E-state index >= 15 is 0 Å². The number of rotatable bonds is 8. The SMILES string of the molecule is C#Cc1ccc(F)cc1.C#Cc1ccc(F)cc1.O=C(c1ccc(F)cc1)c1ccc(Br)cc1.O=C(c1ccc(F)cc1)c1ccc(C#Cc2ccc(F)cc2)cc1.O=C(c1ccc(F)cc1)c1cccc(Br)c1.O=C(c1ccc(F)cc1)c1cccc(C#Cc2ccc(F)cc2)c1.[Pd].[Pd]. The summed E-state index contributed by atoms with van der Waals surface area (Å²) >= 11 is 6.60. The largest absolute Gasteiger partial charge is 0.289 e. The Morgan fingerprint density at radius 1 is 0.230 bits per heavy atom. The van der Waals surface area contributed by atoms with Gasteiger partial charge in [0.25, 0.3) is 0 Å². The van der Waals surface area contributed by atoms with E-state index in [1.165, 1.54) is 146 Å². The van der Waals surface area contributed by atoms with Crippen molar-refractivity contribution in [3.05, 3.63) is 425 Å². The summed E-state index contributed by atoms with van der Waals surface area (Å²) in [6.07, 6.45) is 10.1. The average Bonchev–Trinajstić information content (AvgIpc) is 0.873. The van der Waals surface area contributed by atoms with Crippen molar-refractivity contribution in [2.75, 3.05) is 0 Å². The van der Waals surface area contributed by atoms with Gasteiger partial charge >= 0.3 is 0 Å². The van der Waals surface area contributed by atoms with E-state index in [0.717, 1.165) is 14.5 Å². The minimum absolute atomic E-state index is 0. The van der Waals surface area contributed by atoms with Gasteiger partial charge in [0, 0.05) is 128 Å². The fourth-order valence-corrected chi connectivity index (χ4v) is 8.86. The first kappa shape index (κ1) is 80.0. The summed E-state index contributed by atoms with van der Waals surface area (Å²) in [7, 11) is 0. The number of hydrogen-bond donors (Lipinski definition) is 0. The molecule has 4 nitrogen and oxygen atoms in total. The summed E-state index contributed by atoms with van der Waals surface area (Å²) < 4.78 is 103. The van der Waals surface area contributed by atoms with Gasteiger partial charge in [-0.15, -0.1) is 12.8 Å². The maximum atomic E-state index is 13.0. The minimum Gasteiger partial charge on any atom is -0.289 e. The molecule has 12 rings (SSSR count). The van der Waals surface area contributed by atoms with Crippen molar-refractivity contribution in [1.82, 2.24) is 0 Å². The number of carbonyl (C=O) groups excluding carboxylic acids is 4. The van der Waals surface area contributed by atoms with Crippen LogP contribution in [0.4, 0.5) is 35.1 Å². The van der Waals surface area contributed by atoms with Gasteiger partial charge in [0.05, 0.1) is 0 Å². The molecule has 0 atom stereocenters. The molecule has 0 aliphatic rings. The van der Waals surface area contributed by atoms with Gasteiger partial charge in [0.2, 0.25) is 0 Å². The summed E-state index contributed by atoms with van der Waals surface area (Å²) in [5, 5.41) is 0. The van der Waals surface area contributed by atoms with Crippen molar-refractivity contribution < 1.29 is 95.1 Å². The van der Waals surface area contributed by atoms with Gasteiger partial charge in [0.15, 0.2) is 23.1 Å². The Morgan fingerprint density at radius 2 is 0.440 bits per heavy atom. The number of benzene rings is 12.